The average Bonchev–Trinajstić information content (AvgIpc) is 3.24. The molecule has 1 fully saturated rings. The molecule has 2 aromatic heterocycles. The van der Waals surface area contributed by atoms with Crippen LogP contribution in [0, 0.1) is 0 Å². The second kappa shape index (κ2) is 8.50. The van der Waals surface area contributed by atoms with Crippen LogP contribution in [0.25, 0.3) is 11.2 Å². The molecule has 4 atom stereocenters. The molecule has 10 nitrogen and oxygen atoms in total. The molecule has 0 spiro atoms. The molecule has 0 radical (unpaired) electrons. The Bertz CT molecular complexity index is 1060. The van der Waals surface area contributed by atoms with Crippen molar-refractivity contribution >= 4 is 46.1 Å². The largest absolute Gasteiger partial charge is 0.394 e. The van der Waals surface area contributed by atoms with Gasteiger partial charge in [-0.3, -0.25) is 4.57 Å². The van der Waals surface area contributed by atoms with E-state index in [1.54, 1.807) is 12.1 Å². The third kappa shape index (κ3) is 3.89. The van der Waals surface area contributed by atoms with Crippen LogP contribution in [0.15, 0.2) is 24.5 Å². The van der Waals surface area contributed by atoms with E-state index in [0.717, 1.165) is 5.56 Å². The van der Waals surface area contributed by atoms with Crippen LogP contribution in [0.3, 0.4) is 0 Å². The quantitative estimate of drug-likeness (QED) is 0.366. The summed E-state index contributed by atoms with van der Waals surface area (Å²) >= 11 is 12.1. The summed E-state index contributed by atoms with van der Waals surface area (Å²) in [6, 6.07) is 5.31. The van der Waals surface area contributed by atoms with E-state index in [-0.39, 0.29) is 5.95 Å². The average molecular weight is 455 g/mol. The van der Waals surface area contributed by atoms with E-state index in [1.165, 1.54) is 10.9 Å². The highest BCUT2D eigenvalue weighted by Gasteiger charge is 2.44. The first-order valence-corrected chi connectivity index (χ1v) is 9.95. The van der Waals surface area contributed by atoms with Gasteiger partial charge < -0.3 is 31.1 Å². The van der Waals surface area contributed by atoms with Crippen molar-refractivity contribution in [2.75, 3.05) is 24.2 Å². The Morgan fingerprint density at radius 3 is 2.70 bits per heavy atom. The van der Waals surface area contributed by atoms with E-state index >= 15 is 0 Å². The molecule has 1 aromatic carbocycles. The molecule has 1 aliphatic rings. The highest BCUT2D eigenvalue weighted by molar-refractivity contribution is 6.35. The molecule has 0 saturated carbocycles. The second-order valence-electron chi connectivity index (χ2n) is 6.90. The molecular weight excluding hydrogens is 435 g/mol. The molecule has 1 unspecified atom stereocenters. The molecule has 30 heavy (non-hydrogen) atoms. The normalized spacial score (nSPS) is 23.9. The standard InChI is InChI=1S/C18H20Cl2N6O4/c19-9-2-1-8(10(20)5-9)3-4-22-15-12-16(25-18(21)24-15)26(7-23-12)17-14(29)13(28)11(6-27)30-17/h1-2,5,7,11,13-14,17,27-29H,3-4,6H2,(H3,21,22,24,25)/t11-,13-,14-,17?/m1/s1. The minimum Gasteiger partial charge on any atom is -0.394 e. The molecule has 0 aliphatic carbocycles. The first-order valence-electron chi connectivity index (χ1n) is 9.19. The van der Waals surface area contributed by atoms with Gasteiger partial charge in [0, 0.05) is 16.6 Å². The SMILES string of the molecule is Nc1nc(NCCc2ccc(Cl)cc2Cl)c2ncn(C3O[C@H](CO)[C@@H](O)[C@H]3O)c2n1. The molecule has 0 amide bonds. The first-order chi connectivity index (χ1) is 14.4. The Morgan fingerprint density at radius 2 is 2.00 bits per heavy atom. The lowest BCUT2D eigenvalue weighted by atomic mass is 10.1. The Labute approximate surface area is 181 Å². The minimum absolute atomic E-state index is 0.00280. The van der Waals surface area contributed by atoms with Crippen molar-refractivity contribution in [1.29, 1.82) is 0 Å². The first kappa shape index (κ1) is 21.0. The number of fused-ring (bicyclic) bond motifs is 1. The van der Waals surface area contributed by atoms with Crippen LogP contribution in [0.2, 0.25) is 10.0 Å². The van der Waals surface area contributed by atoms with Gasteiger partial charge in [-0.2, -0.15) is 9.97 Å². The number of imidazole rings is 1. The third-order valence-electron chi connectivity index (χ3n) is 4.93. The molecule has 3 aromatic rings. The van der Waals surface area contributed by atoms with Gasteiger partial charge in [0.05, 0.1) is 12.9 Å². The van der Waals surface area contributed by atoms with Gasteiger partial charge in [0.15, 0.2) is 23.2 Å². The summed E-state index contributed by atoms with van der Waals surface area (Å²) in [5.41, 5.74) is 7.52. The van der Waals surface area contributed by atoms with Crippen LogP contribution in [-0.4, -0.2) is 66.3 Å². The van der Waals surface area contributed by atoms with Crippen LogP contribution in [0.1, 0.15) is 11.8 Å². The number of anilines is 2. The lowest BCUT2D eigenvalue weighted by Crippen LogP contribution is -2.33. The van der Waals surface area contributed by atoms with Gasteiger partial charge in [-0.05, 0) is 24.1 Å². The summed E-state index contributed by atoms with van der Waals surface area (Å²) in [6.45, 7) is 0.0617. The monoisotopic (exact) mass is 454 g/mol. The van der Waals surface area contributed by atoms with Crippen molar-refractivity contribution in [2.45, 2.75) is 31.0 Å². The Balaban J connectivity index is 1.57. The zero-order valence-electron chi connectivity index (χ0n) is 15.6. The maximum atomic E-state index is 10.3. The number of rotatable bonds is 6. The summed E-state index contributed by atoms with van der Waals surface area (Å²) in [5.74, 6) is 0.413. The second-order valence-corrected chi connectivity index (χ2v) is 7.74. The number of benzene rings is 1. The fourth-order valence-electron chi connectivity index (χ4n) is 3.39. The highest BCUT2D eigenvalue weighted by atomic mass is 35.5. The zero-order valence-corrected chi connectivity index (χ0v) is 17.1. The van der Waals surface area contributed by atoms with Crippen molar-refractivity contribution in [3.63, 3.8) is 0 Å². The van der Waals surface area contributed by atoms with Gasteiger partial charge >= 0.3 is 0 Å². The van der Waals surface area contributed by atoms with Crippen LogP contribution in [0.4, 0.5) is 11.8 Å². The van der Waals surface area contributed by atoms with E-state index in [4.69, 9.17) is 33.7 Å². The zero-order chi connectivity index (χ0) is 21.4. The number of nitrogens with zero attached hydrogens (tertiary/aromatic N) is 4. The highest BCUT2D eigenvalue weighted by Crippen LogP contribution is 2.32. The van der Waals surface area contributed by atoms with Gasteiger partial charge in [0.2, 0.25) is 5.95 Å². The third-order valence-corrected chi connectivity index (χ3v) is 5.52. The summed E-state index contributed by atoms with van der Waals surface area (Å²) in [5, 5.41) is 33.9. The maximum absolute atomic E-state index is 10.3. The van der Waals surface area contributed by atoms with Crippen LogP contribution in [-0.2, 0) is 11.2 Å². The molecule has 12 heteroatoms. The van der Waals surface area contributed by atoms with Gasteiger partial charge in [-0.15, -0.1) is 0 Å². The number of hydrogen-bond acceptors (Lipinski definition) is 9. The summed E-state index contributed by atoms with van der Waals surface area (Å²) in [6.07, 6.45) is -2.37. The smallest absolute Gasteiger partial charge is 0.224 e. The Kier molecular flexibility index (Phi) is 5.96. The van der Waals surface area contributed by atoms with Crippen LogP contribution < -0.4 is 11.1 Å². The van der Waals surface area contributed by atoms with Gasteiger partial charge in [0.1, 0.15) is 18.3 Å². The van der Waals surface area contributed by atoms with Crippen molar-refractivity contribution in [3.8, 4) is 0 Å². The lowest BCUT2D eigenvalue weighted by Gasteiger charge is -2.16. The predicted molar refractivity (Wildman–Crippen MR) is 111 cm³/mol. The number of aliphatic hydroxyl groups excluding tert-OH is 3. The van der Waals surface area contributed by atoms with Crippen LogP contribution >= 0.6 is 23.2 Å². The van der Waals surface area contributed by atoms with Gasteiger partial charge in [0.25, 0.3) is 0 Å². The fourth-order valence-corrected chi connectivity index (χ4v) is 3.90. The van der Waals surface area contributed by atoms with E-state index in [9.17, 15) is 15.3 Å². The topological polar surface area (TPSA) is 152 Å². The van der Waals surface area contributed by atoms with E-state index in [1.807, 2.05) is 6.07 Å². The van der Waals surface area contributed by atoms with E-state index in [0.29, 0.717) is 40.0 Å². The Morgan fingerprint density at radius 1 is 1.20 bits per heavy atom. The molecule has 4 rings (SSSR count). The fraction of sp³-hybridized carbons (Fsp3) is 0.389. The molecule has 3 heterocycles. The molecule has 1 saturated heterocycles. The number of aliphatic hydroxyl groups is 3. The molecule has 1 aliphatic heterocycles. The number of nitrogens with one attached hydrogen (secondary N) is 1. The van der Waals surface area contributed by atoms with Crippen molar-refractivity contribution in [2.24, 2.45) is 0 Å². The van der Waals surface area contributed by atoms with Gasteiger partial charge in [-0.1, -0.05) is 29.3 Å². The van der Waals surface area contributed by atoms with Gasteiger partial charge in [-0.25, -0.2) is 4.98 Å². The maximum Gasteiger partial charge on any atom is 0.224 e. The molecule has 160 valence electrons. The Hall–Kier alpha value is -2.21. The number of aromatic nitrogens is 4. The number of halogens is 2. The molecule has 0 bridgehead atoms. The lowest BCUT2D eigenvalue weighted by molar-refractivity contribution is -0.0511. The molecule has 6 N–H and O–H groups in total. The number of nitrogens with two attached hydrogens (primary N) is 1. The number of ether oxygens (including phenoxy) is 1. The van der Waals surface area contributed by atoms with Crippen molar-refractivity contribution < 1.29 is 20.1 Å². The van der Waals surface area contributed by atoms with Crippen LogP contribution in [0.5, 0.6) is 0 Å². The summed E-state index contributed by atoms with van der Waals surface area (Å²) < 4.78 is 7.01. The summed E-state index contributed by atoms with van der Waals surface area (Å²) in [7, 11) is 0. The van der Waals surface area contributed by atoms with Crippen molar-refractivity contribution in [3.05, 3.63) is 40.1 Å². The summed E-state index contributed by atoms with van der Waals surface area (Å²) in [4.78, 5) is 12.7. The van der Waals surface area contributed by atoms with E-state index in [2.05, 4.69) is 20.3 Å². The molecular formula is C18H20Cl2N6O4. The number of nitrogen functional groups attached to an aromatic ring is 1. The van der Waals surface area contributed by atoms with Crippen molar-refractivity contribution in [1.82, 2.24) is 19.5 Å². The predicted octanol–water partition coefficient (Wildman–Crippen LogP) is 0.981. The number of hydrogen-bond donors (Lipinski definition) is 5. The van der Waals surface area contributed by atoms with E-state index < -0.39 is 31.1 Å². The minimum atomic E-state index is -1.26.